The van der Waals surface area contributed by atoms with Crippen LogP contribution in [-0.2, 0) is 14.6 Å². The summed E-state index contributed by atoms with van der Waals surface area (Å²) in [7, 11) is -0.536. The topological polar surface area (TPSA) is 53.4 Å². The number of ether oxygens (including phenoxy) is 1. The van der Waals surface area contributed by atoms with Crippen LogP contribution in [0.3, 0.4) is 0 Å². The van der Waals surface area contributed by atoms with Gasteiger partial charge in [-0.05, 0) is 28.1 Å². The molecular weight excluding hydrogens is 452 g/mol. The van der Waals surface area contributed by atoms with Crippen LogP contribution in [0.4, 0.5) is 0 Å². The van der Waals surface area contributed by atoms with Crippen LogP contribution in [-0.4, -0.2) is 38.3 Å². The molecule has 0 N–H and O–H groups in total. The summed E-state index contributed by atoms with van der Waals surface area (Å²) in [6, 6.07) is 28.4. The number of rotatable bonds is 8. The van der Waals surface area contributed by atoms with Crippen LogP contribution in [0.15, 0.2) is 97.5 Å². The molecule has 1 atom stereocenters. The van der Waals surface area contributed by atoms with Crippen LogP contribution in [0.25, 0.3) is 0 Å². The SMILES string of the molecule is COC(=O)c1ccc(C(CO[SiH](c2ccccc2)c2ccccc2)n2cncc2C(C)(C)C)cc1. The van der Waals surface area contributed by atoms with Gasteiger partial charge in [0.2, 0.25) is 9.04 Å². The molecule has 0 saturated heterocycles. The van der Waals surface area contributed by atoms with Gasteiger partial charge in [0.05, 0.1) is 31.6 Å². The van der Waals surface area contributed by atoms with Gasteiger partial charge in [-0.2, -0.15) is 0 Å². The van der Waals surface area contributed by atoms with Crippen LogP contribution >= 0.6 is 0 Å². The Kier molecular flexibility index (Phi) is 7.63. The molecule has 180 valence electrons. The largest absolute Gasteiger partial charge is 0.465 e. The Morgan fingerprint density at radius 3 is 2.00 bits per heavy atom. The van der Waals surface area contributed by atoms with Crippen molar-refractivity contribution in [3.8, 4) is 0 Å². The van der Waals surface area contributed by atoms with Gasteiger partial charge in [-0.15, -0.1) is 0 Å². The third kappa shape index (κ3) is 5.78. The molecule has 0 fully saturated rings. The van der Waals surface area contributed by atoms with E-state index in [1.54, 1.807) is 0 Å². The highest BCUT2D eigenvalue weighted by Gasteiger charge is 2.26. The Hall–Kier alpha value is -3.48. The van der Waals surface area contributed by atoms with Crippen molar-refractivity contribution in [2.75, 3.05) is 13.7 Å². The first-order valence-electron chi connectivity index (χ1n) is 11.8. The maximum absolute atomic E-state index is 12.0. The zero-order valence-electron chi connectivity index (χ0n) is 20.7. The molecule has 0 spiro atoms. The van der Waals surface area contributed by atoms with Crippen molar-refractivity contribution in [3.05, 3.63) is 114 Å². The smallest absolute Gasteiger partial charge is 0.337 e. The lowest BCUT2D eigenvalue weighted by atomic mass is 9.91. The van der Waals surface area contributed by atoms with E-state index >= 15 is 0 Å². The molecule has 5 nitrogen and oxygen atoms in total. The monoisotopic (exact) mass is 484 g/mol. The molecule has 0 radical (unpaired) electrons. The van der Waals surface area contributed by atoms with Gasteiger partial charge in [0.25, 0.3) is 0 Å². The Morgan fingerprint density at radius 2 is 1.49 bits per heavy atom. The molecule has 0 bridgehead atoms. The van der Waals surface area contributed by atoms with Gasteiger partial charge in [0, 0.05) is 17.3 Å². The number of aromatic nitrogens is 2. The molecule has 0 aliphatic rings. The van der Waals surface area contributed by atoms with E-state index in [9.17, 15) is 4.79 Å². The molecule has 0 amide bonds. The maximum atomic E-state index is 12.0. The average molecular weight is 485 g/mol. The number of methoxy groups -OCH3 is 1. The summed E-state index contributed by atoms with van der Waals surface area (Å²) in [4.78, 5) is 16.5. The van der Waals surface area contributed by atoms with Crippen LogP contribution < -0.4 is 10.4 Å². The minimum Gasteiger partial charge on any atom is -0.465 e. The number of carbonyl (C=O) groups excluding carboxylic acids is 1. The summed E-state index contributed by atoms with van der Waals surface area (Å²) >= 11 is 0. The van der Waals surface area contributed by atoms with Crippen molar-refractivity contribution in [1.29, 1.82) is 0 Å². The van der Waals surface area contributed by atoms with E-state index in [4.69, 9.17) is 9.16 Å². The molecule has 3 aromatic carbocycles. The van der Waals surface area contributed by atoms with Crippen LogP contribution in [0.1, 0.15) is 48.4 Å². The van der Waals surface area contributed by atoms with Crippen molar-refractivity contribution >= 4 is 25.4 Å². The average Bonchev–Trinajstić information content (AvgIpc) is 3.38. The first kappa shape index (κ1) is 24.6. The van der Waals surface area contributed by atoms with Crippen molar-refractivity contribution in [2.45, 2.75) is 32.2 Å². The van der Waals surface area contributed by atoms with Gasteiger partial charge in [0.1, 0.15) is 0 Å². The molecule has 0 aliphatic carbocycles. The molecule has 1 unspecified atom stereocenters. The predicted molar refractivity (Wildman–Crippen MR) is 142 cm³/mol. The number of carbonyl (C=O) groups is 1. The van der Waals surface area contributed by atoms with Crippen LogP contribution in [0.5, 0.6) is 0 Å². The molecule has 4 aromatic rings. The number of nitrogens with zero attached hydrogens (tertiary/aromatic N) is 2. The second-order valence-electron chi connectivity index (χ2n) is 9.60. The van der Waals surface area contributed by atoms with E-state index in [0.29, 0.717) is 12.2 Å². The molecule has 1 heterocycles. The van der Waals surface area contributed by atoms with Gasteiger partial charge >= 0.3 is 5.97 Å². The minimum absolute atomic E-state index is 0.0869. The Labute approximate surface area is 209 Å². The fourth-order valence-corrected chi connectivity index (χ4v) is 6.55. The van der Waals surface area contributed by atoms with Gasteiger partial charge in [0.15, 0.2) is 0 Å². The van der Waals surface area contributed by atoms with Gasteiger partial charge in [-0.1, -0.05) is 93.6 Å². The highest BCUT2D eigenvalue weighted by Crippen LogP contribution is 2.28. The highest BCUT2D eigenvalue weighted by atomic mass is 28.3. The zero-order valence-corrected chi connectivity index (χ0v) is 21.9. The van der Waals surface area contributed by atoms with Crippen molar-refractivity contribution in [2.24, 2.45) is 0 Å². The van der Waals surface area contributed by atoms with Crippen molar-refractivity contribution < 1.29 is 14.0 Å². The fourth-order valence-electron chi connectivity index (χ4n) is 4.26. The van der Waals surface area contributed by atoms with E-state index in [1.807, 2.05) is 48.9 Å². The lowest BCUT2D eigenvalue weighted by Gasteiger charge is -2.29. The van der Waals surface area contributed by atoms with E-state index in [-0.39, 0.29) is 17.4 Å². The first-order valence-corrected chi connectivity index (χ1v) is 13.4. The molecule has 4 rings (SSSR count). The molecular formula is C29H32N2O3Si. The van der Waals surface area contributed by atoms with E-state index in [0.717, 1.165) is 11.3 Å². The fraction of sp³-hybridized carbons (Fsp3) is 0.241. The third-order valence-electron chi connectivity index (χ3n) is 6.11. The molecule has 0 saturated carbocycles. The predicted octanol–water partition coefficient (Wildman–Crippen LogP) is 4.11. The van der Waals surface area contributed by atoms with Crippen molar-refractivity contribution in [3.63, 3.8) is 0 Å². The van der Waals surface area contributed by atoms with Crippen molar-refractivity contribution in [1.82, 2.24) is 9.55 Å². The maximum Gasteiger partial charge on any atom is 0.337 e. The second kappa shape index (κ2) is 10.8. The van der Waals surface area contributed by atoms with E-state index in [2.05, 4.69) is 78.9 Å². The zero-order chi connectivity index (χ0) is 24.8. The lowest BCUT2D eigenvalue weighted by Crippen LogP contribution is -2.46. The summed E-state index contributed by atoms with van der Waals surface area (Å²) < 4.78 is 13.9. The lowest BCUT2D eigenvalue weighted by molar-refractivity contribution is 0.0600. The number of imidazole rings is 1. The summed E-state index contributed by atoms with van der Waals surface area (Å²) in [6.07, 6.45) is 3.81. The van der Waals surface area contributed by atoms with Crippen LogP contribution in [0, 0.1) is 0 Å². The summed E-state index contributed by atoms with van der Waals surface area (Å²) in [5, 5.41) is 2.47. The second-order valence-corrected chi connectivity index (χ2v) is 12.0. The Balaban J connectivity index is 1.71. The normalized spacial score (nSPS) is 12.5. The quantitative estimate of drug-likeness (QED) is 0.279. The van der Waals surface area contributed by atoms with E-state index < -0.39 is 9.04 Å². The standard InChI is InChI=1S/C29H32N2O3Si/c1-29(2,3)27-19-30-21-31(27)26(22-15-17-23(18-16-22)28(32)33-4)20-34-35(24-11-7-5-8-12-24)25-13-9-6-10-14-25/h5-19,21,26,35H,20H2,1-4H3. The van der Waals surface area contributed by atoms with Gasteiger partial charge < -0.3 is 13.7 Å². The summed E-state index contributed by atoms with van der Waals surface area (Å²) in [6.45, 7) is 7.04. The first-order chi connectivity index (χ1) is 16.9. The summed E-state index contributed by atoms with van der Waals surface area (Å²) in [5.41, 5.74) is 2.62. The number of benzene rings is 3. The minimum atomic E-state index is -1.93. The molecule has 35 heavy (non-hydrogen) atoms. The van der Waals surface area contributed by atoms with Crippen LogP contribution in [0.2, 0.25) is 0 Å². The molecule has 0 aliphatic heterocycles. The summed E-state index contributed by atoms with van der Waals surface area (Å²) in [5.74, 6) is -0.344. The van der Waals surface area contributed by atoms with E-state index in [1.165, 1.54) is 17.5 Å². The number of hydrogen-bond donors (Lipinski definition) is 0. The number of esters is 1. The molecule has 6 heteroatoms. The highest BCUT2D eigenvalue weighted by molar-refractivity contribution is 6.80. The van der Waals surface area contributed by atoms with Gasteiger partial charge in [-0.25, -0.2) is 9.78 Å². The molecule has 1 aromatic heterocycles. The third-order valence-corrected chi connectivity index (χ3v) is 8.62. The Morgan fingerprint density at radius 1 is 0.914 bits per heavy atom. The van der Waals surface area contributed by atoms with Gasteiger partial charge in [-0.3, -0.25) is 0 Å². The number of hydrogen-bond acceptors (Lipinski definition) is 4. The Bertz CT molecular complexity index is 1190.